The normalized spacial score (nSPS) is 15.4. The van der Waals surface area contributed by atoms with Crippen LogP contribution in [0.2, 0.25) is 0 Å². The fraction of sp³-hybridized carbons (Fsp3) is 0.0909. The van der Waals surface area contributed by atoms with Gasteiger partial charge in [-0.05, 0) is 38.1 Å². The fourth-order valence-corrected chi connectivity index (χ4v) is 7.37. The van der Waals surface area contributed by atoms with Crippen LogP contribution >= 0.6 is 30.4 Å². The Hall–Kier alpha value is 1.38. The molecule has 21 heteroatoms. The van der Waals surface area contributed by atoms with Gasteiger partial charge in [-0.15, -0.1) is 0 Å². The number of fused-ring (bicyclic) bond motifs is 2. The Labute approximate surface area is 334 Å². The molecule has 0 radical (unpaired) electrons. The average molecular weight is 751 g/mol. The maximum atomic E-state index is 11.6. The molecule has 2 N–H and O–H groups in total. The summed E-state index contributed by atoms with van der Waals surface area (Å²) < 4.78 is 53.5. The van der Waals surface area contributed by atoms with Gasteiger partial charge in [-0.1, -0.05) is 72.8 Å². The van der Waals surface area contributed by atoms with Crippen LogP contribution in [0.25, 0.3) is 21.5 Å². The molecular formula is C22H18Ca3O14P4. The molecule has 0 spiro atoms. The molecule has 0 saturated heterocycles. The predicted octanol–water partition coefficient (Wildman–Crippen LogP) is -1.22. The van der Waals surface area contributed by atoms with Gasteiger partial charge in [0.25, 0.3) is 0 Å². The van der Waals surface area contributed by atoms with Crippen molar-refractivity contribution in [2.24, 2.45) is 0 Å². The summed E-state index contributed by atoms with van der Waals surface area (Å²) in [5.41, 5.74) is -6.23. The first-order chi connectivity index (χ1) is 18.4. The number of hydrogen-bond acceptors (Lipinski definition) is 14. The van der Waals surface area contributed by atoms with E-state index >= 15 is 0 Å². The maximum Gasteiger partial charge on any atom is 2.00 e. The second-order valence-corrected chi connectivity index (χ2v) is 15.4. The van der Waals surface area contributed by atoms with E-state index in [0.717, 1.165) is 0 Å². The zero-order valence-electron chi connectivity index (χ0n) is 21.9. The van der Waals surface area contributed by atoms with Gasteiger partial charge in [0, 0.05) is 10.8 Å². The summed E-state index contributed by atoms with van der Waals surface area (Å²) in [5.74, 6) is -0.317. The Balaban J connectivity index is 0.000000767. The molecule has 0 aromatic heterocycles. The van der Waals surface area contributed by atoms with Gasteiger partial charge < -0.3 is 57.8 Å². The third kappa shape index (κ3) is 12.4. The first-order valence-electron chi connectivity index (χ1n) is 10.8. The van der Waals surface area contributed by atoms with Crippen LogP contribution in [0.15, 0.2) is 84.9 Å². The number of hydrogen-bond donors (Lipinski definition) is 2. The van der Waals surface area contributed by atoms with Crippen molar-refractivity contribution < 1.29 is 66.9 Å². The van der Waals surface area contributed by atoms with Crippen molar-refractivity contribution in [1.82, 2.24) is 0 Å². The van der Waals surface area contributed by atoms with Crippen LogP contribution in [0.1, 0.15) is 0 Å². The molecule has 0 aliphatic carbocycles. The van der Waals surface area contributed by atoms with Gasteiger partial charge in [-0.3, -0.25) is 9.13 Å². The van der Waals surface area contributed by atoms with Crippen LogP contribution in [0.5, 0.6) is 11.5 Å². The van der Waals surface area contributed by atoms with Crippen molar-refractivity contribution >= 4 is 165 Å². The Kier molecular flexibility index (Phi) is 18.8. The molecule has 14 nitrogen and oxygen atoms in total. The van der Waals surface area contributed by atoms with E-state index in [1.54, 1.807) is 60.7 Å². The summed E-state index contributed by atoms with van der Waals surface area (Å²) >= 11 is 0. The number of rotatable bonds is 8. The number of benzene rings is 4. The summed E-state index contributed by atoms with van der Waals surface area (Å²) in [6.07, 6.45) is 0. The fourth-order valence-electron chi connectivity index (χ4n) is 3.27. The van der Waals surface area contributed by atoms with E-state index in [9.17, 15) is 47.6 Å². The van der Waals surface area contributed by atoms with Crippen LogP contribution < -0.4 is 38.4 Å². The van der Waals surface area contributed by atoms with Gasteiger partial charge in [0.15, 0.2) is 11.2 Å². The monoisotopic (exact) mass is 750 g/mol. The summed E-state index contributed by atoms with van der Waals surface area (Å²) in [6, 6.07) is 22.2. The molecule has 4 unspecified atom stereocenters. The standard InChI is InChI=1S/2C11H12O7P2.3Ca/c2*12-11(19(13,14)15)20(16,17)18-10-7-3-5-8-4-1-2-6-9(8)10;;;/h2*1-7,11-12H,(H,16,17)(H2,13,14,15);;;/q;;3*+2/p-6. The van der Waals surface area contributed by atoms with Crippen LogP contribution in [-0.2, 0) is 18.3 Å². The number of aliphatic hydroxyl groups is 2. The molecule has 0 fully saturated rings. The molecule has 0 saturated carbocycles. The van der Waals surface area contributed by atoms with Crippen molar-refractivity contribution in [3.05, 3.63) is 84.9 Å². The van der Waals surface area contributed by atoms with E-state index in [2.05, 4.69) is 9.05 Å². The van der Waals surface area contributed by atoms with Crippen molar-refractivity contribution in [3.63, 3.8) is 0 Å². The Morgan fingerprint density at radius 3 is 1.07 bits per heavy atom. The third-order valence-corrected chi connectivity index (χ3v) is 11.6. The Morgan fingerprint density at radius 1 is 0.488 bits per heavy atom. The van der Waals surface area contributed by atoms with Crippen molar-refractivity contribution in [3.8, 4) is 11.5 Å². The van der Waals surface area contributed by atoms with Crippen molar-refractivity contribution in [1.29, 1.82) is 0 Å². The van der Waals surface area contributed by atoms with E-state index in [0.29, 0.717) is 21.5 Å². The molecule has 4 rings (SSSR count). The molecule has 0 bridgehead atoms. The van der Waals surface area contributed by atoms with Crippen LogP contribution in [0, 0.1) is 0 Å². The summed E-state index contributed by atoms with van der Waals surface area (Å²) in [6.45, 7) is 0. The molecule has 0 heterocycles. The second-order valence-electron chi connectivity index (χ2n) is 7.99. The zero-order chi connectivity index (χ0) is 29.9. The molecule has 216 valence electrons. The molecule has 0 aliphatic rings. The Morgan fingerprint density at radius 2 is 0.767 bits per heavy atom. The van der Waals surface area contributed by atoms with Gasteiger partial charge in [-0.25, -0.2) is 0 Å². The van der Waals surface area contributed by atoms with E-state index in [-0.39, 0.29) is 125 Å². The van der Waals surface area contributed by atoms with E-state index < -0.39 is 41.6 Å². The van der Waals surface area contributed by atoms with Crippen molar-refractivity contribution in [2.45, 2.75) is 11.2 Å². The molecule has 43 heavy (non-hydrogen) atoms. The van der Waals surface area contributed by atoms with Gasteiger partial charge in [0.2, 0.25) is 15.2 Å². The summed E-state index contributed by atoms with van der Waals surface area (Å²) in [5, 5.41) is 20.2. The quantitative estimate of drug-likeness (QED) is 0.158. The minimum absolute atomic E-state index is 0. The smallest absolute Gasteiger partial charge is 0.809 e. The van der Waals surface area contributed by atoms with E-state index in [4.69, 9.17) is 10.2 Å². The molecule has 4 aromatic rings. The van der Waals surface area contributed by atoms with E-state index in [1.165, 1.54) is 24.3 Å². The van der Waals surface area contributed by atoms with Gasteiger partial charge in [0.05, 0.1) is 0 Å². The van der Waals surface area contributed by atoms with Crippen LogP contribution in [0.3, 0.4) is 0 Å². The third-order valence-electron chi connectivity index (χ3n) is 5.08. The average Bonchev–Trinajstić information content (AvgIpc) is 2.87. The van der Waals surface area contributed by atoms with Gasteiger partial charge in [0.1, 0.15) is 11.5 Å². The molecule has 4 aromatic carbocycles. The van der Waals surface area contributed by atoms with Crippen LogP contribution in [-0.4, -0.2) is 135 Å². The molecule has 0 amide bonds. The molecule has 4 atom stereocenters. The van der Waals surface area contributed by atoms with Gasteiger partial charge >= 0.3 is 113 Å². The zero-order valence-corrected chi connectivity index (χ0v) is 32.1. The summed E-state index contributed by atoms with van der Waals surface area (Å²) in [7, 11) is -22.1. The molecule has 0 aliphatic heterocycles. The first-order valence-corrected chi connectivity index (χ1v) is 17.2. The number of aliphatic hydroxyl groups excluding tert-OH is 2. The van der Waals surface area contributed by atoms with E-state index in [1.807, 2.05) is 0 Å². The van der Waals surface area contributed by atoms with Crippen molar-refractivity contribution in [2.75, 3.05) is 0 Å². The minimum atomic E-state index is -5.72. The van der Waals surface area contributed by atoms with Crippen LogP contribution in [0.4, 0.5) is 0 Å². The second kappa shape index (κ2) is 18.2. The molecular weight excluding hydrogens is 732 g/mol. The maximum absolute atomic E-state index is 11.6. The largest absolute Gasteiger partial charge is 2.00 e. The topological polar surface area (TPSA) is 266 Å². The predicted molar refractivity (Wildman–Crippen MR) is 149 cm³/mol. The van der Waals surface area contributed by atoms with Gasteiger partial charge in [-0.2, -0.15) is 0 Å². The summed E-state index contributed by atoms with van der Waals surface area (Å²) in [4.78, 5) is 65.6. The SMILES string of the molecule is O=P([O-])([O-])C(O)P(=O)([O-])Oc1cccc2ccccc12.O=P([O-])([O-])C(O)P(=O)([O-])Oc1cccc2ccccc12.[Ca+2].[Ca+2].[Ca+2]. The first kappa shape index (κ1) is 44.4. The Bertz CT molecular complexity index is 1580. The minimum Gasteiger partial charge on any atom is -0.809 e.